The van der Waals surface area contributed by atoms with Crippen molar-refractivity contribution in [1.29, 1.82) is 5.41 Å². The normalized spacial score (nSPS) is 13.6. The fourth-order valence-corrected chi connectivity index (χ4v) is 4.61. The third kappa shape index (κ3) is 8.47. The molecule has 0 heterocycles. The zero-order valence-electron chi connectivity index (χ0n) is 23.0. The van der Waals surface area contributed by atoms with Crippen LogP contribution in [0.1, 0.15) is 62.3 Å². The lowest BCUT2D eigenvalue weighted by molar-refractivity contribution is -0.144. The third-order valence-electron chi connectivity index (χ3n) is 6.65. The van der Waals surface area contributed by atoms with Crippen molar-refractivity contribution in [3.63, 3.8) is 0 Å². The highest BCUT2D eigenvalue weighted by atomic mass is 32.2. The summed E-state index contributed by atoms with van der Waals surface area (Å²) in [5.74, 6) is -3.69. The Hall–Kier alpha value is -5.08. The molecule has 14 heteroatoms. The highest BCUT2D eigenvalue weighted by Gasteiger charge is 2.42. The fourth-order valence-electron chi connectivity index (χ4n) is 4.61. The molecule has 0 bridgehead atoms. The number of amidine groups is 1. The molecule has 13 nitrogen and oxygen atoms in total. The molecule has 0 atom stereocenters. The number of nitrogens with one attached hydrogen (secondary N) is 3. The second-order valence-corrected chi connectivity index (χ2v) is 11.3. The van der Waals surface area contributed by atoms with Crippen LogP contribution in [0.4, 0.5) is 5.69 Å². The molecule has 0 spiro atoms. The van der Waals surface area contributed by atoms with E-state index in [2.05, 4.69) is 10.6 Å². The molecular formula is C29H30N4O9S. The first kappa shape index (κ1) is 32.4. The lowest BCUT2D eigenvalue weighted by Crippen LogP contribution is -2.52. The number of carbonyl (C=O) groups is 4. The molecule has 226 valence electrons. The van der Waals surface area contributed by atoms with Crippen molar-refractivity contribution in [1.82, 2.24) is 5.32 Å². The molecular weight excluding hydrogens is 580 g/mol. The van der Waals surface area contributed by atoms with Gasteiger partial charge in [-0.1, -0.05) is 37.1 Å². The van der Waals surface area contributed by atoms with Gasteiger partial charge in [-0.25, -0.2) is 9.59 Å². The first-order valence-electron chi connectivity index (χ1n) is 12.8. The second kappa shape index (κ2) is 13.3. The van der Waals surface area contributed by atoms with Gasteiger partial charge < -0.3 is 26.6 Å². The van der Waals surface area contributed by atoms with Gasteiger partial charge in [-0.05, 0) is 66.4 Å². The van der Waals surface area contributed by atoms with E-state index in [-0.39, 0.29) is 28.1 Å². The zero-order chi connectivity index (χ0) is 31.9. The quantitative estimate of drug-likeness (QED) is 0.112. The number of aliphatic carboxylic acids is 1. The van der Waals surface area contributed by atoms with E-state index < -0.39 is 39.4 Å². The van der Waals surface area contributed by atoms with Crippen molar-refractivity contribution >= 4 is 45.4 Å². The van der Waals surface area contributed by atoms with Crippen molar-refractivity contribution in [2.45, 2.75) is 31.2 Å². The maximum Gasteiger partial charge on any atom is 0.336 e. The molecule has 1 aliphatic carbocycles. The molecule has 43 heavy (non-hydrogen) atoms. The SMILES string of the molecule is CS(=O)(=O)O.N=C(N)c1ccc(NC(=O)c2ccccc2-c2ccc(C(=O)NC3(C(=O)O)CCCC3)cc2C(=O)O)cc1. The van der Waals surface area contributed by atoms with Crippen LogP contribution >= 0.6 is 0 Å². The van der Waals surface area contributed by atoms with Gasteiger partial charge in [0.15, 0.2) is 0 Å². The van der Waals surface area contributed by atoms with Gasteiger partial charge in [-0.15, -0.1) is 0 Å². The first-order chi connectivity index (χ1) is 20.1. The van der Waals surface area contributed by atoms with Gasteiger partial charge in [-0.3, -0.25) is 19.6 Å². The lowest BCUT2D eigenvalue weighted by atomic mass is 9.92. The van der Waals surface area contributed by atoms with Crippen LogP contribution < -0.4 is 16.4 Å². The maximum absolute atomic E-state index is 13.1. The molecule has 3 aromatic carbocycles. The van der Waals surface area contributed by atoms with E-state index in [0.717, 1.165) is 0 Å². The molecule has 2 amide bonds. The largest absolute Gasteiger partial charge is 0.480 e. The Kier molecular flexibility index (Phi) is 10.0. The summed E-state index contributed by atoms with van der Waals surface area (Å²) in [6.45, 7) is 0. The number of amides is 2. The van der Waals surface area contributed by atoms with Crippen molar-refractivity contribution in [3.05, 3.63) is 89.0 Å². The second-order valence-electron chi connectivity index (χ2n) is 9.84. The van der Waals surface area contributed by atoms with E-state index in [1.807, 2.05) is 0 Å². The molecule has 1 fully saturated rings. The molecule has 0 aromatic heterocycles. The van der Waals surface area contributed by atoms with Crippen LogP contribution in [0.5, 0.6) is 0 Å². The van der Waals surface area contributed by atoms with Gasteiger partial charge in [0.25, 0.3) is 21.9 Å². The molecule has 1 aliphatic rings. The summed E-state index contributed by atoms with van der Waals surface area (Å²) in [5.41, 5.74) is 5.62. The fraction of sp³-hybridized carbons (Fsp3) is 0.207. The average Bonchev–Trinajstić information content (AvgIpc) is 3.42. The van der Waals surface area contributed by atoms with Gasteiger partial charge in [0.05, 0.1) is 11.8 Å². The van der Waals surface area contributed by atoms with Crippen LogP contribution in [0.25, 0.3) is 11.1 Å². The number of nitrogens with two attached hydrogens (primary N) is 1. The Balaban J connectivity index is 0.000000934. The molecule has 0 aliphatic heterocycles. The van der Waals surface area contributed by atoms with Gasteiger partial charge >= 0.3 is 11.9 Å². The Morgan fingerprint density at radius 3 is 1.91 bits per heavy atom. The van der Waals surface area contributed by atoms with Crippen molar-refractivity contribution in [3.8, 4) is 11.1 Å². The number of carboxylic acid groups (broad SMARTS) is 2. The Labute approximate surface area is 247 Å². The smallest absolute Gasteiger partial charge is 0.336 e. The van der Waals surface area contributed by atoms with Crippen LogP contribution in [0.3, 0.4) is 0 Å². The predicted molar refractivity (Wildman–Crippen MR) is 158 cm³/mol. The van der Waals surface area contributed by atoms with E-state index in [1.165, 1.54) is 18.2 Å². The van der Waals surface area contributed by atoms with E-state index in [9.17, 15) is 37.8 Å². The number of carboxylic acids is 2. The number of anilines is 1. The van der Waals surface area contributed by atoms with Crippen molar-refractivity contribution in [2.75, 3.05) is 11.6 Å². The van der Waals surface area contributed by atoms with Gasteiger partial charge in [-0.2, -0.15) is 8.42 Å². The van der Waals surface area contributed by atoms with Crippen molar-refractivity contribution in [2.24, 2.45) is 5.73 Å². The molecule has 4 rings (SSSR count). The summed E-state index contributed by atoms with van der Waals surface area (Å²) >= 11 is 0. The Morgan fingerprint density at radius 2 is 1.37 bits per heavy atom. The lowest BCUT2D eigenvalue weighted by Gasteiger charge is -2.25. The topological polar surface area (TPSA) is 237 Å². The monoisotopic (exact) mass is 610 g/mol. The number of rotatable bonds is 8. The summed E-state index contributed by atoms with van der Waals surface area (Å²) in [5, 5.41) is 32.4. The highest BCUT2D eigenvalue weighted by Crippen LogP contribution is 2.32. The summed E-state index contributed by atoms with van der Waals surface area (Å²) in [6, 6.07) is 16.9. The van der Waals surface area contributed by atoms with E-state index >= 15 is 0 Å². The van der Waals surface area contributed by atoms with Crippen molar-refractivity contribution < 1.29 is 42.4 Å². The first-order valence-corrected chi connectivity index (χ1v) is 14.7. The van der Waals surface area contributed by atoms with E-state index in [0.29, 0.717) is 48.8 Å². The van der Waals surface area contributed by atoms with E-state index in [1.54, 1.807) is 48.5 Å². The van der Waals surface area contributed by atoms with Gasteiger partial charge in [0.1, 0.15) is 11.4 Å². The van der Waals surface area contributed by atoms with Crippen LogP contribution in [0.2, 0.25) is 0 Å². The van der Waals surface area contributed by atoms with Crippen LogP contribution in [-0.2, 0) is 14.9 Å². The molecule has 8 N–H and O–H groups in total. The molecule has 3 aromatic rings. The maximum atomic E-state index is 13.1. The zero-order valence-corrected chi connectivity index (χ0v) is 23.8. The number of nitrogen functional groups attached to an aromatic ring is 1. The summed E-state index contributed by atoms with van der Waals surface area (Å²) in [6.07, 6.45) is 2.67. The number of benzene rings is 3. The molecule has 0 unspecified atom stereocenters. The Morgan fingerprint density at radius 1 is 0.837 bits per heavy atom. The van der Waals surface area contributed by atoms with Gasteiger partial charge in [0.2, 0.25) is 0 Å². The van der Waals surface area contributed by atoms with Gasteiger partial charge in [0, 0.05) is 22.4 Å². The average molecular weight is 611 g/mol. The van der Waals surface area contributed by atoms with Crippen LogP contribution in [-0.4, -0.2) is 64.6 Å². The Bertz CT molecular complexity index is 1670. The summed E-state index contributed by atoms with van der Waals surface area (Å²) < 4.78 is 25.9. The molecule has 0 saturated heterocycles. The minimum Gasteiger partial charge on any atom is -0.480 e. The minimum absolute atomic E-state index is 0.00571. The predicted octanol–water partition coefficient (Wildman–Crippen LogP) is 3.22. The number of hydrogen-bond acceptors (Lipinski definition) is 7. The number of hydrogen-bond donors (Lipinski definition) is 7. The minimum atomic E-state index is -3.67. The summed E-state index contributed by atoms with van der Waals surface area (Å²) in [7, 11) is -3.67. The molecule has 1 saturated carbocycles. The van der Waals surface area contributed by atoms with Crippen LogP contribution in [0, 0.1) is 5.41 Å². The number of aromatic carboxylic acids is 1. The molecule has 0 radical (unpaired) electrons. The standard InChI is InChI=1S/C28H26N4O6.CH4O3S/c29-23(30)16-7-10-18(11-8-16)31-25(34)21-6-2-1-5-19(21)20-12-9-17(15-22(20)26(35)36)24(33)32-28(27(37)38)13-3-4-14-28;1-5(2,3)4/h1-2,5-12,15H,3-4,13-14H2,(H3,29,30)(H,31,34)(H,32,33)(H,35,36)(H,37,38);1H3,(H,2,3,4). The van der Waals surface area contributed by atoms with Crippen LogP contribution in [0.15, 0.2) is 66.7 Å². The summed E-state index contributed by atoms with van der Waals surface area (Å²) in [4.78, 5) is 50.1. The number of carbonyl (C=O) groups excluding carboxylic acids is 2. The van der Waals surface area contributed by atoms with E-state index in [4.69, 9.17) is 15.7 Å². The highest BCUT2D eigenvalue weighted by molar-refractivity contribution is 7.85. The third-order valence-corrected chi connectivity index (χ3v) is 6.65.